The molecule has 10 heteroatoms. The van der Waals surface area contributed by atoms with Gasteiger partial charge in [0.05, 0.1) is 12.9 Å². The average Bonchev–Trinajstić information content (AvgIpc) is 3.22. The molecule has 2 aromatic carbocycles. The first kappa shape index (κ1) is 24.8. The Morgan fingerprint density at radius 2 is 1.68 bits per heavy atom. The first-order valence-corrected chi connectivity index (χ1v) is 11.5. The number of hydrogen-bond donors (Lipinski definition) is 2. The number of carbonyl (C=O) groups excluding carboxylic acids is 2. The fraction of sp³-hybridized carbons (Fsp3) is 0.250. The zero-order valence-electron chi connectivity index (χ0n) is 19.3. The third-order valence-corrected chi connectivity index (χ3v) is 5.58. The second-order valence-electron chi connectivity index (χ2n) is 7.27. The highest BCUT2D eigenvalue weighted by Crippen LogP contribution is 2.26. The molecule has 2 N–H and O–H groups in total. The number of allylic oxidation sites excluding steroid dienone is 1. The van der Waals surface area contributed by atoms with E-state index >= 15 is 0 Å². The Morgan fingerprint density at radius 1 is 1.06 bits per heavy atom. The summed E-state index contributed by atoms with van der Waals surface area (Å²) in [5, 5.41) is 14.6. The van der Waals surface area contributed by atoms with E-state index in [2.05, 4.69) is 27.4 Å². The predicted molar refractivity (Wildman–Crippen MR) is 132 cm³/mol. The molecule has 0 aliphatic carbocycles. The maximum absolute atomic E-state index is 12.4. The van der Waals surface area contributed by atoms with Crippen LogP contribution in [0.15, 0.2) is 66.3 Å². The quantitative estimate of drug-likeness (QED) is 0.310. The Kier molecular flexibility index (Phi) is 8.69. The van der Waals surface area contributed by atoms with Gasteiger partial charge in [0.2, 0.25) is 11.8 Å². The van der Waals surface area contributed by atoms with Gasteiger partial charge in [0.25, 0.3) is 0 Å². The molecule has 0 saturated heterocycles. The lowest BCUT2D eigenvalue weighted by Crippen LogP contribution is -2.15. The van der Waals surface area contributed by atoms with Gasteiger partial charge in [0, 0.05) is 24.8 Å². The predicted octanol–water partition coefficient (Wildman–Crippen LogP) is 4.30. The molecule has 9 nitrogen and oxygen atoms in total. The summed E-state index contributed by atoms with van der Waals surface area (Å²) < 4.78 is 13.1. The molecule has 1 aromatic heterocycles. The minimum atomic E-state index is -0.369. The van der Waals surface area contributed by atoms with Crippen LogP contribution in [0.4, 0.5) is 11.4 Å². The van der Waals surface area contributed by atoms with Gasteiger partial charge in [0.1, 0.15) is 11.5 Å². The van der Waals surface area contributed by atoms with Crippen LogP contribution < -0.4 is 20.1 Å². The molecule has 0 radical (unpaired) electrons. The van der Waals surface area contributed by atoms with Crippen molar-refractivity contribution in [1.29, 1.82) is 0 Å². The van der Waals surface area contributed by atoms with Crippen LogP contribution in [0, 0.1) is 0 Å². The number of rotatable bonds is 11. The smallest absolute Gasteiger partial charge is 0.234 e. The molecule has 1 unspecified atom stereocenters. The molecule has 2 amide bonds. The van der Waals surface area contributed by atoms with Gasteiger partial charge in [-0.25, -0.2) is 0 Å². The van der Waals surface area contributed by atoms with Crippen LogP contribution in [-0.2, 0) is 16.1 Å². The number of amides is 2. The molecule has 1 atom stereocenters. The number of nitrogens with zero attached hydrogens (tertiary/aromatic N) is 3. The van der Waals surface area contributed by atoms with Crippen LogP contribution in [-0.4, -0.2) is 39.4 Å². The van der Waals surface area contributed by atoms with Crippen LogP contribution in [0.5, 0.6) is 11.5 Å². The van der Waals surface area contributed by atoms with Crippen molar-refractivity contribution < 1.29 is 19.1 Å². The Bertz CT molecular complexity index is 1130. The lowest BCUT2D eigenvalue weighted by molar-refractivity contribution is -0.114. The zero-order valence-corrected chi connectivity index (χ0v) is 20.1. The Hall–Kier alpha value is -3.79. The zero-order chi connectivity index (χ0) is 24.5. The van der Waals surface area contributed by atoms with Gasteiger partial charge in [-0.3, -0.25) is 14.2 Å². The third kappa shape index (κ3) is 6.85. The number of anilines is 2. The number of thioether (sulfide) groups is 1. The van der Waals surface area contributed by atoms with E-state index in [1.54, 1.807) is 37.5 Å². The van der Waals surface area contributed by atoms with Gasteiger partial charge in [0.15, 0.2) is 17.1 Å². The second kappa shape index (κ2) is 11.9. The molecule has 1 heterocycles. The van der Waals surface area contributed by atoms with Crippen LogP contribution in [0.3, 0.4) is 0 Å². The number of hydrogen-bond acceptors (Lipinski definition) is 7. The standard InChI is InChI=1S/C24H27N5O4S/c1-5-14-29-23(16(2)33-21-12-10-20(32-4)11-13-21)27-28-24(29)34-15-22(31)26-19-8-6-18(7-9-19)25-17(3)30/h5-13,16H,1,14-15H2,2-4H3,(H,25,30)(H,26,31). The molecular weight excluding hydrogens is 454 g/mol. The highest BCUT2D eigenvalue weighted by Gasteiger charge is 2.20. The second-order valence-corrected chi connectivity index (χ2v) is 8.21. The van der Waals surface area contributed by atoms with Crippen molar-refractivity contribution in [3.05, 3.63) is 67.0 Å². The summed E-state index contributed by atoms with van der Waals surface area (Å²) in [6, 6.07) is 14.2. The van der Waals surface area contributed by atoms with Crippen molar-refractivity contribution in [3.63, 3.8) is 0 Å². The fourth-order valence-corrected chi connectivity index (χ4v) is 3.84. The maximum atomic E-state index is 12.4. The lowest BCUT2D eigenvalue weighted by Gasteiger charge is -2.16. The van der Waals surface area contributed by atoms with Crippen LogP contribution in [0.1, 0.15) is 25.8 Å². The highest BCUT2D eigenvalue weighted by atomic mass is 32.2. The summed E-state index contributed by atoms with van der Waals surface area (Å²) in [4.78, 5) is 23.6. The Labute approximate surface area is 202 Å². The minimum absolute atomic E-state index is 0.149. The molecule has 0 bridgehead atoms. The van der Waals surface area contributed by atoms with Gasteiger partial charge in [-0.2, -0.15) is 0 Å². The van der Waals surface area contributed by atoms with Gasteiger partial charge in [-0.05, 0) is 55.5 Å². The molecule has 3 rings (SSSR count). The summed E-state index contributed by atoms with van der Waals surface area (Å²) >= 11 is 1.28. The van der Waals surface area contributed by atoms with E-state index in [1.807, 2.05) is 35.8 Å². The summed E-state index contributed by atoms with van der Waals surface area (Å²) in [6.45, 7) is 7.62. The summed E-state index contributed by atoms with van der Waals surface area (Å²) in [5.74, 6) is 1.87. The molecule has 34 heavy (non-hydrogen) atoms. The lowest BCUT2D eigenvalue weighted by atomic mass is 10.3. The molecular formula is C24H27N5O4S. The van der Waals surface area contributed by atoms with Gasteiger partial charge in [-0.15, -0.1) is 16.8 Å². The average molecular weight is 482 g/mol. The number of methoxy groups -OCH3 is 1. The van der Waals surface area contributed by atoms with E-state index in [9.17, 15) is 9.59 Å². The highest BCUT2D eigenvalue weighted by molar-refractivity contribution is 7.99. The van der Waals surface area contributed by atoms with Crippen molar-refractivity contribution in [3.8, 4) is 11.5 Å². The first-order chi connectivity index (χ1) is 16.4. The van der Waals surface area contributed by atoms with E-state index in [-0.39, 0.29) is 23.7 Å². The van der Waals surface area contributed by atoms with Crippen molar-refractivity contribution in [2.75, 3.05) is 23.5 Å². The molecule has 0 fully saturated rings. The number of carbonyl (C=O) groups is 2. The van der Waals surface area contributed by atoms with E-state index in [0.717, 1.165) is 5.75 Å². The molecule has 0 aliphatic heterocycles. The van der Waals surface area contributed by atoms with E-state index in [4.69, 9.17) is 9.47 Å². The van der Waals surface area contributed by atoms with Crippen LogP contribution in [0.2, 0.25) is 0 Å². The normalized spacial score (nSPS) is 11.4. The van der Waals surface area contributed by atoms with Gasteiger partial charge < -0.3 is 20.1 Å². The number of ether oxygens (including phenoxy) is 2. The molecule has 178 valence electrons. The van der Waals surface area contributed by atoms with Crippen molar-refractivity contribution in [2.45, 2.75) is 31.7 Å². The molecule has 0 saturated carbocycles. The maximum Gasteiger partial charge on any atom is 0.234 e. The molecule has 0 aliphatic rings. The topological polar surface area (TPSA) is 107 Å². The molecule has 3 aromatic rings. The summed E-state index contributed by atoms with van der Waals surface area (Å²) in [7, 11) is 1.61. The van der Waals surface area contributed by atoms with Crippen LogP contribution >= 0.6 is 11.8 Å². The third-order valence-electron chi connectivity index (χ3n) is 4.61. The fourth-order valence-electron chi connectivity index (χ4n) is 3.09. The Morgan fingerprint density at radius 3 is 2.26 bits per heavy atom. The minimum Gasteiger partial charge on any atom is -0.497 e. The van der Waals surface area contributed by atoms with Gasteiger partial charge in [-0.1, -0.05) is 17.8 Å². The van der Waals surface area contributed by atoms with Crippen molar-refractivity contribution in [2.24, 2.45) is 0 Å². The van der Waals surface area contributed by atoms with Crippen molar-refractivity contribution >= 4 is 35.0 Å². The number of aromatic nitrogens is 3. The number of benzene rings is 2. The Balaban J connectivity index is 1.61. The van der Waals surface area contributed by atoms with E-state index in [1.165, 1.54) is 18.7 Å². The first-order valence-electron chi connectivity index (χ1n) is 10.5. The largest absolute Gasteiger partial charge is 0.497 e. The van der Waals surface area contributed by atoms with Crippen LogP contribution in [0.25, 0.3) is 0 Å². The van der Waals surface area contributed by atoms with Crippen molar-refractivity contribution in [1.82, 2.24) is 14.8 Å². The van der Waals surface area contributed by atoms with Gasteiger partial charge >= 0.3 is 0 Å². The summed E-state index contributed by atoms with van der Waals surface area (Å²) in [5.41, 5.74) is 1.30. The molecule has 0 spiro atoms. The van der Waals surface area contributed by atoms with E-state index in [0.29, 0.717) is 34.6 Å². The monoisotopic (exact) mass is 481 g/mol. The summed E-state index contributed by atoms with van der Waals surface area (Å²) in [6.07, 6.45) is 1.37. The number of nitrogens with one attached hydrogen (secondary N) is 2. The SMILES string of the molecule is C=CCn1c(SCC(=O)Nc2ccc(NC(C)=O)cc2)nnc1C(C)Oc1ccc(OC)cc1. The van der Waals surface area contributed by atoms with E-state index < -0.39 is 0 Å².